The number of aromatic nitrogens is 2. The summed E-state index contributed by atoms with van der Waals surface area (Å²) in [5, 5.41) is 7.57. The second-order valence-electron chi connectivity index (χ2n) is 7.32. The number of guanidine groups is 2. The third kappa shape index (κ3) is 10.2. The quantitative estimate of drug-likeness (QED) is 0.138. The minimum atomic E-state index is -0.612. The van der Waals surface area contributed by atoms with Gasteiger partial charge in [-0.15, -0.1) is 0 Å². The van der Waals surface area contributed by atoms with E-state index in [-0.39, 0.29) is 34.4 Å². The maximum absolute atomic E-state index is 12.6. The molecule has 0 saturated carbocycles. The average Bonchev–Trinajstić information content (AvgIpc) is 2.70. The highest BCUT2D eigenvalue weighted by Gasteiger charge is 2.23. The Morgan fingerprint density at radius 2 is 1.39 bits per heavy atom. The average molecular weight is 455 g/mol. The molecule has 0 aromatic carbocycles. The molecule has 1 aromatic rings. The molecule has 0 unspecified atom stereocenters. The maximum atomic E-state index is 12.6. The smallest absolute Gasteiger partial charge is 0.283 e. The number of amides is 1. The molecule has 1 rings (SSSR count). The standard InChI is InChI=1S/C19H35ClN10O/c20-14-16(22)29-15(21)13(28-14)17(31)30(19(25)26)12-10-8-6-4-2-1-3-5-7-9-11-27-18(23)24/h1-12H2,(H3,25,26)(H4,21,22,29)(H4,23,24,27). The molecule has 0 bridgehead atoms. The Balaban J connectivity index is 2.23. The Hall–Kier alpha value is -2.82. The number of carbonyl (C=O) groups is 1. The van der Waals surface area contributed by atoms with Crippen LogP contribution in [-0.4, -0.2) is 45.8 Å². The first kappa shape index (κ1) is 26.2. The van der Waals surface area contributed by atoms with Crippen molar-refractivity contribution >= 4 is 41.1 Å². The summed E-state index contributed by atoms with van der Waals surface area (Å²) >= 11 is 5.83. The first-order valence-corrected chi connectivity index (χ1v) is 10.9. The molecule has 0 atom stereocenters. The molecule has 1 amide bonds. The molecule has 0 aliphatic carbocycles. The van der Waals surface area contributed by atoms with Gasteiger partial charge in [0.15, 0.2) is 34.4 Å². The lowest BCUT2D eigenvalue weighted by atomic mass is 10.1. The number of hydrogen-bond acceptors (Lipinski definition) is 7. The third-order valence-electron chi connectivity index (χ3n) is 4.73. The van der Waals surface area contributed by atoms with Crippen LogP contribution in [0.3, 0.4) is 0 Å². The fourth-order valence-electron chi connectivity index (χ4n) is 3.06. The molecule has 31 heavy (non-hydrogen) atoms. The van der Waals surface area contributed by atoms with Crippen molar-refractivity contribution < 1.29 is 4.79 Å². The van der Waals surface area contributed by atoms with Crippen LogP contribution in [0.25, 0.3) is 0 Å². The number of nitrogens with zero attached hydrogens (tertiary/aromatic N) is 4. The van der Waals surface area contributed by atoms with Crippen LogP contribution in [0.5, 0.6) is 0 Å². The van der Waals surface area contributed by atoms with Crippen LogP contribution in [0.15, 0.2) is 4.99 Å². The number of rotatable bonds is 14. The number of nitrogens with two attached hydrogens (primary N) is 5. The molecular weight excluding hydrogens is 420 g/mol. The van der Waals surface area contributed by atoms with Gasteiger partial charge in [-0.2, -0.15) is 0 Å². The Morgan fingerprint density at radius 1 is 0.871 bits per heavy atom. The molecule has 1 heterocycles. The largest absolute Gasteiger partial charge is 0.382 e. The van der Waals surface area contributed by atoms with E-state index in [9.17, 15) is 4.79 Å². The van der Waals surface area contributed by atoms with Crippen LogP contribution in [0.2, 0.25) is 5.15 Å². The van der Waals surface area contributed by atoms with E-state index in [4.69, 9.17) is 45.7 Å². The summed E-state index contributed by atoms with van der Waals surface area (Å²) in [6, 6.07) is 0. The molecule has 11 N–H and O–H groups in total. The molecule has 12 heteroatoms. The Labute approximate surface area is 188 Å². The van der Waals surface area contributed by atoms with E-state index in [0.29, 0.717) is 19.5 Å². The lowest BCUT2D eigenvalue weighted by Crippen LogP contribution is -2.42. The van der Waals surface area contributed by atoms with Crippen molar-refractivity contribution in [3.8, 4) is 0 Å². The molecule has 0 radical (unpaired) electrons. The normalized spacial score (nSPS) is 10.6. The predicted molar refractivity (Wildman–Crippen MR) is 126 cm³/mol. The summed E-state index contributed by atoms with van der Waals surface area (Å²) in [6.45, 7) is 1.000. The number of aliphatic imine (C=N–C) groups is 1. The number of halogens is 1. The summed E-state index contributed by atoms with van der Waals surface area (Å²) in [5.74, 6) is -1.04. The summed E-state index contributed by atoms with van der Waals surface area (Å²) in [7, 11) is 0. The van der Waals surface area contributed by atoms with Crippen LogP contribution in [0, 0.1) is 5.41 Å². The van der Waals surface area contributed by atoms with Gasteiger partial charge >= 0.3 is 0 Å². The predicted octanol–water partition coefficient (Wildman–Crippen LogP) is 1.80. The monoisotopic (exact) mass is 454 g/mol. The van der Waals surface area contributed by atoms with Gasteiger partial charge in [-0.25, -0.2) is 9.97 Å². The van der Waals surface area contributed by atoms with Crippen molar-refractivity contribution in [3.63, 3.8) is 0 Å². The van der Waals surface area contributed by atoms with Crippen molar-refractivity contribution in [1.29, 1.82) is 5.41 Å². The zero-order valence-corrected chi connectivity index (χ0v) is 18.7. The summed E-state index contributed by atoms with van der Waals surface area (Å²) in [4.78, 5) is 25.4. The van der Waals surface area contributed by atoms with E-state index in [1.807, 2.05) is 0 Å². The molecular formula is C19H35ClN10O. The Kier molecular flexibility index (Phi) is 12.0. The molecule has 0 spiro atoms. The van der Waals surface area contributed by atoms with Crippen LogP contribution in [-0.2, 0) is 0 Å². The van der Waals surface area contributed by atoms with Crippen LogP contribution in [0.1, 0.15) is 74.7 Å². The lowest BCUT2D eigenvalue weighted by molar-refractivity contribution is 0.0838. The minimum Gasteiger partial charge on any atom is -0.382 e. The molecule has 0 fully saturated rings. The lowest BCUT2D eigenvalue weighted by Gasteiger charge is -2.20. The first-order valence-electron chi connectivity index (χ1n) is 10.5. The van der Waals surface area contributed by atoms with Gasteiger partial charge in [0, 0.05) is 13.1 Å². The SMILES string of the molecule is N=C(N)N(CCCCCCCCCCCCN=C(N)N)C(=O)c1nc(Cl)c(N)nc1N. The van der Waals surface area contributed by atoms with Crippen LogP contribution in [0.4, 0.5) is 11.6 Å². The van der Waals surface area contributed by atoms with Gasteiger partial charge < -0.3 is 28.7 Å². The van der Waals surface area contributed by atoms with Gasteiger partial charge in [0.25, 0.3) is 5.91 Å². The van der Waals surface area contributed by atoms with E-state index in [2.05, 4.69) is 15.0 Å². The third-order valence-corrected chi connectivity index (χ3v) is 5.01. The summed E-state index contributed by atoms with van der Waals surface area (Å²) < 4.78 is 0. The highest BCUT2D eigenvalue weighted by atomic mass is 35.5. The highest BCUT2D eigenvalue weighted by Crippen LogP contribution is 2.19. The fraction of sp³-hybridized carbons (Fsp3) is 0.632. The number of nitrogens with one attached hydrogen (secondary N) is 1. The molecule has 0 saturated heterocycles. The molecule has 0 aliphatic rings. The topological polar surface area (TPSA) is 212 Å². The van der Waals surface area contributed by atoms with Gasteiger partial charge in [-0.1, -0.05) is 63.0 Å². The second-order valence-corrected chi connectivity index (χ2v) is 7.68. The van der Waals surface area contributed by atoms with E-state index in [1.165, 1.54) is 25.7 Å². The van der Waals surface area contributed by atoms with E-state index >= 15 is 0 Å². The number of unbranched alkanes of at least 4 members (excludes halogenated alkanes) is 9. The molecule has 174 valence electrons. The maximum Gasteiger partial charge on any atom is 0.283 e. The number of nitrogen functional groups attached to an aromatic ring is 2. The van der Waals surface area contributed by atoms with Crippen LogP contribution >= 0.6 is 11.6 Å². The summed E-state index contributed by atoms with van der Waals surface area (Å²) in [5.41, 5.74) is 27.2. The molecule has 0 aliphatic heterocycles. The second kappa shape index (κ2) is 14.2. The first-order chi connectivity index (χ1) is 14.7. The van der Waals surface area contributed by atoms with Gasteiger partial charge in [0.1, 0.15) is 0 Å². The van der Waals surface area contributed by atoms with Crippen molar-refractivity contribution in [2.24, 2.45) is 22.2 Å². The Bertz CT molecular complexity index is 751. The molecule has 11 nitrogen and oxygen atoms in total. The van der Waals surface area contributed by atoms with Crippen molar-refractivity contribution in [2.75, 3.05) is 24.6 Å². The Morgan fingerprint density at radius 3 is 1.90 bits per heavy atom. The van der Waals surface area contributed by atoms with Crippen molar-refractivity contribution in [3.05, 3.63) is 10.8 Å². The molecule has 1 aromatic heterocycles. The van der Waals surface area contributed by atoms with E-state index < -0.39 is 5.91 Å². The van der Waals surface area contributed by atoms with Gasteiger partial charge in [-0.3, -0.25) is 20.1 Å². The number of hydrogen-bond donors (Lipinski definition) is 6. The fourth-order valence-corrected chi connectivity index (χ4v) is 3.19. The van der Waals surface area contributed by atoms with E-state index in [1.54, 1.807) is 0 Å². The highest BCUT2D eigenvalue weighted by molar-refractivity contribution is 6.31. The van der Waals surface area contributed by atoms with Gasteiger partial charge in [0.2, 0.25) is 0 Å². The number of carbonyl (C=O) groups excluding carboxylic acids is 1. The number of anilines is 2. The van der Waals surface area contributed by atoms with E-state index in [0.717, 1.165) is 37.0 Å². The zero-order chi connectivity index (χ0) is 23.2. The van der Waals surface area contributed by atoms with Crippen molar-refractivity contribution in [2.45, 2.75) is 64.2 Å². The minimum absolute atomic E-state index is 0.0592. The van der Waals surface area contributed by atoms with Gasteiger partial charge in [-0.05, 0) is 12.8 Å². The zero-order valence-electron chi connectivity index (χ0n) is 17.9. The summed E-state index contributed by atoms with van der Waals surface area (Å²) in [6.07, 6.45) is 10.8. The van der Waals surface area contributed by atoms with Crippen molar-refractivity contribution in [1.82, 2.24) is 14.9 Å². The van der Waals surface area contributed by atoms with Gasteiger partial charge in [0.05, 0.1) is 0 Å². The van der Waals surface area contributed by atoms with Crippen LogP contribution < -0.4 is 28.7 Å².